The van der Waals surface area contributed by atoms with Gasteiger partial charge in [-0.25, -0.2) is 4.79 Å². The van der Waals surface area contributed by atoms with Gasteiger partial charge >= 0.3 is 11.9 Å². The second-order valence-corrected chi connectivity index (χ2v) is 7.95. The van der Waals surface area contributed by atoms with Crippen LogP contribution in [0.1, 0.15) is 34.5 Å². The lowest BCUT2D eigenvalue weighted by Crippen LogP contribution is -2.49. The average Bonchev–Trinajstić information content (AvgIpc) is 3.12. The van der Waals surface area contributed by atoms with E-state index in [1.807, 2.05) is 46.0 Å². The second kappa shape index (κ2) is 8.91. The molecule has 0 aliphatic carbocycles. The number of rotatable bonds is 7. The van der Waals surface area contributed by atoms with Gasteiger partial charge in [-0.1, -0.05) is 43.3 Å². The molecule has 7 heteroatoms. The van der Waals surface area contributed by atoms with Crippen molar-refractivity contribution in [3.05, 3.63) is 71.4 Å². The van der Waals surface area contributed by atoms with E-state index in [-0.39, 0.29) is 5.56 Å². The monoisotopic (exact) mass is 421 g/mol. The highest BCUT2D eigenvalue weighted by molar-refractivity contribution is 5.96. The van der Waals surface area contributed by atoms with Crippen molar-refractivity contribution in [2.75, 3.05) is 32.7 Å². The van der Waals surface area contributed by atoms with Gasteiger partial charge in [-0.15, -0.1) is 0 Å². The highest BCUT2D eigenvalue weighted by atomic mass is 16.4. The van der Waals surface area contributed by atoms with Crippen LogP contribution in [0.15, 0.2) is 54.7 Å². The molecule has 0 radical (unpaired) electrons. The summed E-state index contributed by atoms with van der Waals surface area (Å²) in [5.74, 6) is -1.88. The number of fused-ring (bicyclic) bond motifs is 1. The van der Waals surface area contributed by atoms with Gasteiger partial charge in [0.05, 0.1) is 5.56 Å². The number of carbonyl (C=O) groups is 2. The predicted molar refractivity (Wildman–Crippen MR) is 119 cm³/mol. The van der Waals surface area contributed by atoms with Crippen molar-refractivity contribution < 1.29 is 19.8 Å². The van der Waals surface area contributed by atoms with Crippen molar-refractivity contribution >= 4 is 22.8 Å². The largest absolute Gasteiger partial charge is 0.480 e. The van der Waals surface area contributed by atoms with E-state index < -0.39 is 18.0 Å². The Kier molecular flexibility index (Phi) is 6.06. The quantitative estimate of drug-likeness (QED) is 0.610. The smallest absolute Gasteiger partial charge is 0.335 e. The molecule has 0 unspecified atom stereocenters. The van der Waals surface area contributed by atoms with Crippen molar-refractivity contribution in [3.8, 4) is 0 Å². The van der Waals surface area contributed by atoms with Crippen LogP contribution in [-0.4, -0.2) is 69.2 Å². The fraction of sp³-hybridized carbons (Fsp3) is 0.333. The van der Waals surface area contributed by atoms with Crippen molar-refractivity contribution in [2.45, 2.75) is 19.5 Å². The van der Waals surface area contributed by atoms with Crippen LogP contribution in [0.25, 0.3) is 10.9 Å². The summed E-state index contributed by atoms with van der Waals surface area (Å²) in [5.41, 5.74) is 2.70. The third-order valence-electron chi connectivity index (χ3n) is 6.10. The van der Waals surface area contributed by atoms with E-state index in [4.69, 9.17) is 0 Å². The fourth-order valence-corrected chi connectivity index (χ4v) is 4.41. The molecule has 1 fully saturated rings. The number of benzene rings is 2. The molecule has 2 aromatic carbocycles. The first-order chi connectivity index (χ1) is 15.0. The van der Waals surface area contributed by atoms with Gasteiger partial charge in [0.15, 0.2) is 0 Å². The summed E-state index contributed by atoms with van der Waals surface area (Å²) in [5, 5.41) is 20.4. The maximum absolute atomic E-state index is 12.4. The van der Waals surface area contributed by atoms with Crippen molar-refractivity contribution in [3.63, 3.8) is 0 Å². The number of nitrogens with zero attached hydrogens (tertiary/aromatic N) is 3. The van der Waals surface area contributed by atoms with E-state index in [1.165, 1.54) is 0 Å². The van der Waals surface area contributed by atoms with Gasteiger partial charge in [-0.3, -0.25) is 9.69 Å². The van der Waals surface area contributed by atoms with E-state index in [0.29, 0.717) is 25.2 Å². The molecule has 0 spiro atoms. The van der Waals surface area contributed by atoms with Crippen LogP contribution in [0, 0.1) is 0 Å². The van der Waals surface area contributed by atoms with Crippen LogP contribution < -0.4 is 0 Å². The van der Waals surface area contributed by atoms with Gasteiger partial charge in [0.2, 0.25) is 0 Å². The number of aliphatic carboxylic acids is 1. The van der Waals surface area contributed by atoms with Gasteiger partial charge in [-0.2, -0.15) is 0 Å². The summed E-state index contributed by atoms with van der Waals surface area (Å²) < 4.78 is 1.96. The molecule has 0 amide bonds. The molecule has 31 heavy (non-hydrogen) atoms. The summed E-state index contributed by atoms with van der Waals surface area (Å²) in [6.07, 6.45) is 1.88. The first-order valence-electron chi connectivity index (χ1n) is 10.6. The molecular formula is C24H27N3O4. The Morgan fingerprint density at radius 3 is 2.32 bits per heavy atom. The van der Waals surface area contributed by atoms with Crippen molar-refractivity contribution in [1.29, 1.82) is 0 Å². The first kappa shape index (κ1) is 21.1. The molecule has 2 N–H and O–H groups in total. The van der Waals surface area contributed by atoms with Gasteiger partial charge in [0, 0.05) is 55.4 Å². The maximum Gasteiger partial charge on any atom is 0.335 e. The molecular weight excluding hydrogens is 394 g/mol. The summed E-state index contributed by atoms with van der Waals surface area (Å²) in [7, 11) is 0. The summed E-state index contributed by atoms with van der Waals surface area (Å²) in [6, 6.07) is 14.0. The number of carboxylic acid groups (broad SMARTS) is 2. The minimum absolute atomic E-state index is 0.190. The van der Waals surface area contributed by atoms with Crippen LogP contribution in [-0.2, 0) is 11.3 Å². The lowest BCUT2D eigenvalue weighted by atomic mass is 10.0. The lowest BCUT2D eigenvalue weighted by Gasteiger charge is -2.37. The molecule has 1 aromatic heterocycles. The highest BCUT2D eigenvalue weighted by Crippen LogP contribution is 2.32. The van der Waals surface area contributed by atoms with Crippen LogP contribution in [0.3, 0.4) is 0 Å². The minimum Gasteiger partial charge on any atom is -0.480 e. The number of hydrogen-bond donors (Lipinski definition) is 2. The molecule has 0 bridgehead atoms. The molecule has 4 rings (SSSR count). The Morgan fingerprint density at radius 2 is 1.71 bits per heavy atom. The molecule has 2 heterocycles. The minimum atomic E-state index is -0.999. The van der Waals surface area contributed by atoms with Gasteiger partial charge in [-0.05, 0) is 24.2 Å². The van der Waals surface area contributed by atoms with Gasteiger partial charge in [0.1, 0.15) is 6.04 Å². The van der Waals surface area contributed by atoms with Gasteiger partial charge in [0.25, 0.3) is 0 Å². The Bertz CT molecular complexity index is 1080. The number of hydrogen-bond acceptors (Lipinski definition) is 4. The number of piperazine rings is 1. The molecule has 1 atom stereocenters. The summed E-state index contributed by atoms with van der Waals surface area (Å²) in [4.78, 5) is 28.3. The third kappa shape index (κ3) is 4.33. The second-order valence-electron chi connectivity index (χ2n) is 7.95. The topological polar surface area (TPSA) is 86.0 Å². The Hall–Kier alpha value is -3.16. The standard InChI is InChI=1S/C24H27N3O4/c1-2-25-10-12-26(13-11-25)22(24(30)31)20-16-27(15-17-6-4-3-5-7-17)21-14-18(23(28)29)8-9-19(20)21/h3-9,14,16,22H,2,10-13,15H2,1H3,(H,28,29)(H,30,31)/t22-/m1/s1. The van der Waals surface area contributed by atoms with E-state index in [1.54, 1.807) is 18.2 Å². The normalized spacial score (nSPS) is 16.4. The van der Waals surface area contributed by atoms with E-state index in [9.17, 15) is 19.8 Å². The zero-order chi connectivity index (χ0) is 22.0. The molecule has 0 saturated carbocycles. The number of aromatic nitrogens is 1. The molecule has 7 nitrogen and oxygen atoms in total. The molecule has 3 aromatic rings. The van der Waals surface area contributed by atoms with E-state index in [2.05, 4.69) is 11.8 Å². The maximum atomic E-state index is 12.4. The Balaban J connectivity index is 1.78. The zero-order valence-corrected chi connectivity index (χ0v) is 17.6. The lowest BCUT2D eigenvalue weighted by molar-refractivity contribution is -0.144. The number of likely N-dealkylation sites (N-methyl/N-ethyl adjacent to an activating group) is 1. The SMILES string of the molecule is CCN1CCN([C@@H](C(=O)O)c2cn(Cc3ccccc3)c3cc(C(=O)O)ccc23)CC1. The van der Waals surface area contributed by atoms with E-state index >= 15 is 0 Å². The zero-order valence-electron chi connectivity index (χ0n) is 17.6. The Labute approximate surface area is 181 Å². The molecule has 1 aliphatic rings. The molecule has 162 valence electrons. The predicted octanol–water partition coefficient (Wildman–Crippen LogP) is 3.15. The van der Waals surface area contributed by atoms with E-state index in [0.717, 1.165) is 36.1 Å². The number of aromatic carboxylic acids is 1. The van der Waals surface area contributed by atoms with Crippen LogP contribution in [0.5, 0.6) is 0 Å². The third-order valence-corrected chi connectivity index (χ3v) is 6.10. The molecule has 1 aliphatic heterocycles. The van der Waals surface area contributed by atoms with Gasteiger partial charge < -0.3 is 19.7 Å². The highest BCUT2D eigenvalue weighted by Gasteiger charge is 2.32. The average molecular weight is 421 g/mol. The van der Waals surface area contributed by atoms with Crippen LogP contribution in [0.4, 0.5) is 0 Å². The van der Waals surface area contributed by atoms with Crippen LogP contribution >= 0.6 is 0 Å². The first-order valence-corrected chi connectivity index (χ1v) is 10.6. The number of carboxylic acids is 2. The van der Waals surface area contributed by atoms with Crippen molar-refractivity contribution in [2.24, 2.45) is 0 Å². The Morgan fingerprint density at radius 1 is 1.00 bits per heavy atom. The summed E-state index contributed by atoms with van der Waals surface area (Å²) in [6.45, 7) is 6.66. The fourth-order valence-electron chi connectivity index (χ4n) is 4.41. The summed E-state index contributed by atoms with van der Waals surface area (Å²) >= 11 is 0. The van der Waals surface area contributed by atoms with Crippen molar-refractivity contribution in [1.82, 2.24) is 14.4 Å². The molecule has 1 saturated heterocycles. The van der Waals surface area contributed by atoms with Crippen LogP contribution in [0.2, 0.25) is 0 Å².